The van der Waals surface area contributed by atoms with Crippen LogP contribution in [0.15, 0.2) is 30.5 Å². The van der Waals surface area contributed by atoms with E-state index in [4.69, 9.17) is 11.6 Å². The second kappa shape index (κ2) is 5.93. The number of nitrogens with one attached hydrogen (secondary N) is 1. The molecule has 21 heavy (non-hydrogen) atoms. The predicted octanol–water partition coefficient (Wildman–Crippen LogP) is 3.30. The molecule has 0 radical (unpaired) electrons. The van der Waals surface area contributed by atoms with Crippen LogP contribution in [-0.2, 0) is 0 Å². The van der Waals surface area contributed by atoms with Gasteiger partial charge in [-0.25, -0.2) is 9.78 Å². The van der Waals surface area contributed by atoms with Gasteiger partial charge in [0, 0.05) is 11.2 Å². The highest BCUT2D eigenvalue weighted by Gasteiger charge is 2.21. The lowest BCUT2D eigenvalue weighted by atomic mass is 9.96. The van der Waals surface area contributed by atoms with Gasteiger partial charge in [-0.2, -0.15) is 0 Å². The maximum Gasteiger partial charge on any atom is 0.336 e. The highest BCUT2D eigenvalue weighted by atomic mass is 35.5. The van der Waals surface area contributed by atoms with Gasteiger partial charge in [0.1, 0.15) is 5.82 Å². The van der Waals surface area contributed by atoms with Crippen molar-refractivity contribution >= 4 is 29.3 Å². The Bertz CT molecular complexity index is 729. The fourth-order valence-corrected chi connectivity index (χ4v) is 2.19. The van der Waals surface area contributed by atoms with Crippen LogP contribution in [0.1, 0.15) is 31.8 Å². The Morgan fingerprint density at radius 3 is 2.33 bits per heavy atom. The maximum absolute atomic E-state index is 12.4. The standard InChI is InChI=1S/C15H13ClN2O3/c1-8-3-4-9(2)13(15(20)21)12(8)14(19)18-11-7-10(16)5-6-17-11/h3-7H,1-2H3,(H,20,21)(H,17,18,19). The van der Waals surface area contributed by atoms with E-state index in [0.29, 0.717) is 16.1 Å². The Kier molecular flexibility index (Phi) is 4.23. The van der Waals surface area contributed by atoms with Crippen molar-refractivity contribution in [3.8, 4) is 0 Å². The number of benzene rings is 1. The van der Waals surface area contributed by atoms with E-state index in [1.165, 1.54) is 12.3 Å². The lowest BCUT2D eigenvalue weighted by molar-refractivity contribution is 0.0691. The molecular formula is C15H13ClN2O3. The average Bonchev–Trinajstić information content (AvgIpc) is 2.40. The number of halogens is 1. The molecular weight excluding hydrogens is 292 g/mol. The summed E-state index contributed by atoms with van der Waals surface area (Å²) in [6.45, 7) is 3.34. The first-order valence-electron chi connectivity index (χ1n) is 6.16. The minimum Gasteiger partial charge on any atom is -0.478 e. The van der Waals surface area contributed by atoms with Crippen molar-refractivity contribution in [1.82, 2.24) is 4.98 Å². The molecule has 0 atom stereocenters. The second-order valence-corrected chi connectivity index (χ2v) is 5.00. The van der Waals surface area contributed by atoms with Crippen LogP contribution >= 0.6 is 11.6 Å². The molecule has 1 aromatic carbocycles. The molecule has 108 valence electrons. The van der Waals surface area contributed by atoms with Crippen molar-refractivity contribution in [3.63, 3.8) is 0 Å². The zero-order valence-electron chi connectivity index (χ0n) is 11.5. The first-order valence-corrected chi connectivity index (χ1v) is 6.54. The summed E-state index contributed by atoms with van der Waals surface area (Å²) in [6.07, 6.45) is 1.46. The number of carbonyl (C=O) groups excluding carboxylic acids is 1. The third-order valence-electron chi connectivity index (χ3n) is 3.03. The summed E-state index contributed by atoms with van der Waals surface area (Å²) >= 11 is 5.83. The van der Waals surface area contributed by atoms with Crippen LogP contribution in [0.4, 0.5) is 5.82 Å². The van der Waals surface area contributed by atoms with Crippen LogP contribution in [-0.4, -0.2) is 22.0 Å². The van der Waals surface area contributed by atoms with Crippen LogP contribution in [0, 0.1) is 13.8 Å². The van der Waals surface area contributed by atoms with E-state index < -0.39 is 11.9 Å². The van der Waals surface area contributed by atoms with E-state index in [1.807, 2.05) is 0 Å². The number of aromatic nitrogens is 1. The molecule has 0 spiro atoms. The summed E-state index contributed by atoms with van der Waals surface area (Å²) in [5, 5.41) is 12.3. The monoisotopic (exact) mass is 304 g/mol. The molecule has 0 saturated carbocycles. The van der Waals surface area contributed by atoms with Gasteiger partial charge < -0.3 is 10.4 Å². The van der Waals surface area contributed by atoms with Gasteiger partial charge in [0.05, 0.1) is 11.1 Å². The lowest BCUT2D eigenvalue weighted by Crippen LogP contribution is -2.19. The summed E-state index contributed by atoms with van der Waals surface area (Å²) in [5.41, 5.74) is 1.23. The molecule has 0 aliphatic heterocycles. The third-order valence-corrected chi connectivity index (χ3v) is 3.26. The van der Waals surface area contributed by atoms with E-state index in [2.05, 4.69) is 10.3 Å². The fraction of sp³-hybridized carbons (Fsp3) is 0.133. The summed E-state index contributed by atoms with van der Waals surface area (Å²) in [4.78, 5) is 27.7. The molecule has 1 heterocycles. The quantitative estimate of drug-likeness (QED) is 0.912. The molecule has 0 unspecified atom stereocenters. The van der Waals surface area contributed by atoms with E-state index in [0.717, 1.165) is 0 Å². The number of hydrogen-bond acceptors (Lipinski definition) is 3. The zero-order chi connectivity index (χ0) is 15.6. The van der Waals surface area contributed by atoms with Gasteiger partial charge in [0.2, 0.25) is 0 Å². The normalized spacial score (nSPS) is 10.2. The summed E-state index contributed by atoms with van der Waals surface area (Å²) in [6, 6.07) is 6.46. The Hall–Kier alpha value is -2.40. The number of pyridine rings is 1. The van der Waals surface area contributed by atoms with Gasteiger partial charge in [0.25, 0.3) is 5.91 Å². The van der Waals surface area contributed by atoms with Crippen molar-refractivity contribution in [1.29, 1.82) is 0 Å². The summed E-state index contributed by atoms with van der Waals surface area (Å²) < 4.78 is 0. The molecule has 0 aliphatic carbocycles. The number of carboxylic acid groups (broad SMARTS) is 1. The third kappa shape index (κ3) is 3.20. The van der Waals surface area contributed by atoms with Crippen LogP contribution < -0.4 is 5.32 Å². The van der Waals surface area contributed by atoms with Crippen molar-refractivity contribution in [2.75, 3.05) is 5.32 Å². The fourth-order valence-electron chi connectivity index (χ4n) is 2.03. The molecule has 0 saturated heterocycles. The van der Waals surface area contributed by atoms with Gasteiger partial charge in [0.15, 0.2) is 0 Å². The Balaban J connectivity index is 2.44. The molecule has 0 fully saturated rings. The zero-order valence-corrected chi connectivity index (χ0v) is 12.2. The number of hydrogen-bond donors (Lipinski definition) is 2. The number of amides is 1. The topological polar surface area (TPSA) is 79.3 Å². The van der Waals surface area contributed by atoms with Gasteiger partial charge >= 0.3 is 5.97 Å². The van der Waals surface area contributed by atoms with Crippen LogP contribution in [0.3, 0.4) is 0 Å². The van der Waals surface area contributed by atoms with Crippen molar-refractivity contribution in [2.45, 2.75) is 13.8 Å². The molecule has 5 nitrogen and oxygen atoms in total. The van der Waals surface area contributed by atoms with Crippen molar-refractivity contribution in [3.05, 3.63) is 57.7 Å². The van der Waals surface area contributed by atoms with E-state index in [1.54, 1.807) is 32.0 Å². The molecule has 2 aromatic rings. The van der Waals surface area contributed by atoms with Gasteiger partial charge in [-0.3, -0.25) is 4.79 Å². The molecule has 2 rings (SSSR count). The van der Waals surface area contributed by atoms with E-state index >= 15 is 0 Å². The maximum atomic E-state index is 12.4. The number of rotatable bonds is 3. The number of nitrogens with zero attached hydrogens (tertiary/aromatic N) is 1. The predicted molar refractivity (Wildman–Crippen MR) is 80.1 cm³/mol. The summed E-state index contributed by atoms with van der Waals surface area (Å²) in [7, 11) is 0. The second-order valence-electron chi connectivity index (χ2n) is 4.57. The highest BCUT2D eigenvalue weighted by Crippen LogP contribution is 2.21. The van der Waals surface area contributed by atoms with Gasteiger partial charge in [-0.15, -0.1) is 0 Å². The molecule has 0 aliphatic rings. The highest BCUT2D eigenvalue weighted by molar-refractivity contribution is 6.30. The number of aromatic carboxylic acids is 1. The molecule has 1 aromatic heterocycles. The van der Waals surface area contributed by atoms with Gasteiger partial charge in [-0.1, -0.05) is 23.7 Å². The van der Waals surface area contributed by atoms with Crippen LogP contribution in [0.5, 0.6) is 0 Å². The van der Waals surface area contributed by atoms with Crippen molar-refractivity contribution in [2.24, 2.45) is 0 Å². The Morgan fingerprint density at radius 1 is 1.14 bits per heavy atom. The lowest BCUT2D eigenvalue weighted by Gasteiger charge is -2.12. The minimum absolute atomic E-state index is 0.00507. The molecule has 2 N–H and O–H groups in total. The largest absolute Gasteiger partial charge is 0.478 e. The number of aryl methyl sites for hydroxylation is 2. The SMILES string of the molecule is Cc1ccc(C)c(C(=O)Nc2cc(Cl)ccn2)c1C(=O)O. The Labute approximate surface area is 126 Å². The van der Waals surface area contributed by atoms with Crippen LogP contribution in [0.2, 0.25) is 5.02 Å². The Morgan fingerprint density at radius 2 is 1.76 bits per heavy atom. The molecule has 0 bridgehead atoms. The van der Waals surface area contributed by atoms with Crippen molar-refractivity contribution < 1.29 is 14.7 Å². The first kappa shape index (κ1) is 15.0. The van der Waals surface area contributed by atoms with E-state index in [-0.39, 0.29) is 16.9 Å². The number of anilines is 1. The molecule has 6 heteroatoms. The number of carbonyl (C=O) groups is 2. The smallest absolute Gasteiger partial charge is 0.336 e. The minimum atomic E-state index is -1.14. The van der Waals surface area contributed by atoms with E-state index in [9.17, 15) is 14.7 Å². The average molecular weight is 305 g/mol. The first-order chi connectivity index (χ1) is 9.90. The summed E-state index contributed by atoms with van der Waals surface area (Å²) in [5.74, 6) is -1.39. The van der Waals surface area contributed by atoms with Crippen LogP contribution in [0.25, 0.3) is 0 Å². The number of carboxylic acids is 1. The molecule has 1 amide bonds. The van der Waals surface area contributed by atoms with Gasteiger partial charge in [-0.05, 0) is 37.1 Å².